The average molecular weight is 323 g/mol. The quantitative estimate of drug-likeness (QED) is 0.727. The number of aliphatic carboxylic acids is 1. The van der Waals surface area contributed by atoms with Gasteiger partial charge in [0.25, 0.3) is 0 Å². The van der Waals surface area contributed by atoms with Crippen LogP contribution in [0.25, 0.3) is 22.5 Å². The number of hydrogen-bond acceptors (Lipinski definition) is 4. The Morgan fingerprint density at radius 2 is 1.88 bits per heavy atom. The molecule has 2 heterocycles. The predicted octanol–water partition coefficient (Wildman–Crippen LogP) is 2.45. The van der Waals surface area contributed by atoms with E-state index in [0.29, 0.717) is 6.54 Å². The summed E-state index contributed by atoms with van der Waals surface area (Å²) in [7, 11) is 0. The van der Waals surface area contributed by atoms with Gasteiger partial charge in [-0.15, -0.1) is 0 Å². The molecule has 6 heteroatoms. The summed E-state index contributed by atoms with van der Waals surface area (Å²) in [5.74, 6) is -1.22. The third kappa shape index (κ3) is 3.33. The van der Waals surface area contributed by atoms with Crippen molar-refractivity contribution in [2.24, 2.45) is 0 Å². The minimum Gasteiger partial charge on any atom is -0.479 e. The van der Waals surface area contributed by atoms with Crippen molar-refractivity contribution in [1.29, 1.82) is 0 Å². The molecule has 0 aliphatic heterocycles. The largest absolute Gasteiger partial charge is 0.479 e. The van der Waals surface area contributed by atoms with E-state index in [1.165, 1.54) is 0 Å². The maximum atomic E-state index is 10.8. The zero-order chi connectivity index (χ0) is 16.9. The van der Waals surface area contributed by atoms with Crippen molar-refractivity contribution in [2.45, 2.75) is 19.1 Å². The molecule has 0 unspecified atom stereocenters. The van der Waals surface area contributed by atoms with Gasteiger partial charge in [0.05, 0.1) is 17.7 Å². The molecule has 0 radical (unpaired) electrons. The Labute approximate surface area is 139 Å². The van der Waals surface area contributed by atoms with Gasteiger partial charge >= 0.3 is 5.97 Å². The molecular formula is C18H17N3O3. The molecular weight excluding hydrogens is 306 g/mol. The average Bonchev–Trinajstić information content (AvgIpc) is 3.05. The number of rotatable bonds is 6. The normalized spacial score (nSPS) is 12.0. The maximum Gasteiger partial charge on any atom is 0.332 e. The zero-order valence-corrected chi connectivity index (χ0v) is 12.9. The molecule has 0 amide bonds. The van der Waals surface area contributed by atoms with Crippen LogP contribution in [0.2, 0.25) is 0 Å². The summed E-state index contributed by atoms with van der Waals surface area (Å²) in [6.45, 7) is 0.345. The van der Waals surface area contributed by atoms with Crippen molar-refractivity contribution < 1.29 is 15.0 Å². The Morgan fingerprint density at radius 3 is 2.54 bits per heavy atom. The van der Waals surface area contributed by atoms with Gasteiger partial charge in [0.2, 0.25) is 0 Å². The first-order chi connectivity index (χ1) is 11.7. The van der Waals surface area contributed by atoms with E-state index in [1.54, 1.807) is 18.7 Å². The summed E-state index contributed by atoms with van der Waals surface area (Å²) in [6, 6.07) is 13.5. The van der Waals surface area contributed by atoms with Crippen LogP contribution >= 0.6 is 0 Å². The summed E-state index contributed by atoms with van der Waals surface area (Å²) in [5.41, 5.74) is 3.51. The van der Waals surface area contributed by atoms with E-state index < -0.39 is 12.1 Å². The lowest BCUT2D eigenvalue weighted by molar-refractivity contribution is -0.147. The van der Waals surface area contributed by atoms with Crippen molar-refractivity contribution >= 4 is 5.97 Å². The first-order valence-electron chi connectivity index (χ1n) is 7.58. The number of nitrogens with zero attached hydrogens (tertiary/aromatic N) is 3. The first-order valence-corrected chi connectivity index (χ1v) is 7.58. The minimum absolute atomic E-state index is 0.104. The van der Waals surface area contributed by atoms with Gasteiger partial charge in [-0.1, -0.05) is 30.3 Å². The predicted molar refractivity (Wildman–Crippen MR) is 89.2 cm³/mol. The van der Waals surface area contributed by atoms with Gasteiger partial charge in [-0.2, -0.15) is 0 Å². The van der Waals surface area contributed by atoms with Crippen LogP contribution in [-0.4, -0.2) is 36.8 Å². The van der Waals surface area contributed by atoms with Crippen LogP contribution in [-0.2, 0) is 11.3 Å². The van der Waals surface area contributed by atoms with Gasteiger partial charge in [0.15, 0.2) is 6.10 Å². The maximum absolute atomic E-state index is 10.8. The number of carboxylic acids is 1. The second-order valence-corrected chi connectivity index (χ2v) is 5.39. The molecule has 0 aliphatic carbocycles. The van der Waals surface area contributed by atoms with E-state index in [2.05, 4.69) is 9.97 Å². The van der Waals surface area contributed by atoms with Gasteiger partial charge in [-0.3, -0.25) is 4.98 Å². The number of aliphatic hydroxyl groups excluding tert-OH is 1. The molecule has 122 valence electrons. The molecule has 0 bridgehead atoms. The number of aromatic nitrogens is 3. The molecule has 0 spiro atoms. The second kappa shape index (κ2) is 7.06. The number of carboxylic acid groups (broad SMARTS) is 1. The van der Waals surface area contributed by atoms with E-state index in [-0.39, 0.29) is 6.42 Å². The SMILES string of the molecule is O=C(O)[C@@H](O)CCn1cnc(-c2ccccc2)c1-c1cccnc1. The molecule has 2 aromatic heterocycles. The van der Waals surface area contributed by atoms with E-state index in [1.807, 2.05) is 47.0 Å². The zero-order valence-electron chi connectivity index (χ0n) is 12.9. The lowest BCUT2D eigenvalue weighted by atomic mass is 10.1. The highest BCUT2D eigenvalue weighted by Gasteiger charge is 2.18. The van der Waals surface area contributed by atoms with Gasteiger partial charge < -0.3 is 14.8 Å². The van der Waals surface area contributed by atoms with Crippen LogP contribution in [0, 0.1) is 0 Å². The van der Waals surface area contributed by atoms with Crippen molar-refractivity contribution in [3.63, 3.8) is 0 Å². The van der Waals surface area contributed by atoms with Crippen LogP contribution < -0.4 is 0 Å². The summed E-state index contributed by atoms with van der Waals surface area (Å²) < 4.78 is 1.85. The molecule has 1 aromatic carbocycles. The molecule has 0 saturated carbocycles. The van der Waals surface area contributed by atoms with Crippen molar-refractivity contribution in [1.82, 2.24) is 14.5 Å². The van der Waals surface area contributed by atoms with Crippen molar-refractivity contribution in [3.8, 4) is 22.5 Å². The Kier molecular flexibility index (Phi) is 4.67. The monoisotopic (exact) mass is 323 g/mol. The van der Waals surface area contributed by atoms with Crippen LogP contribution in [0.15, 0.2) is 61.2 Å². The number of benzene rings is 1. The molecule has 0 saturated heterocycles. The Morgan fingerprint density at radius 1 is 1.12 bits per heavy atom. The summed E-state index contributed by atoms with van der Waals surface area (Å²) in [5, 5.41) is 18.4. The first kappa shape index (κ1) is 15.9. The van der Waals surface area contributed by atoms with Crippen LogP contribution in [0.1, 0.15) is 6.42 Å². The standard InChI is InChI=1S/C18H17N3O3/c22-15(18(23)24)8-10-21-12-20-16(13-5-2-1-3-6-13)17(21)14-7-4-9-19-11-14/h1-7,9,11-12,15,22H,8,10H2,(H,23,24)/t15-/m0/s1. The van der Waals surface area contributed by atoms with Crippen LogP contribution in [0.5, 0.6) is 0 Å². The van der Waals surface area contributed by atoms with E-state index in [0.717, 1.165) is 22.5 Å². The van der Waals surface area contributed by atoms with E-state index >= 15 is 0 Å². The van der Waals surface area contributed by atoms with Crippen LogP contribution in [0.4, 0.5) is 0 Å². The molecule has 3 aromatic rings. The molecule has 24 heavy (non-hydrogen) atoms. The lowest BCUT2D eigenvalue weighted by Crippen LogP contribution is -2.21. The number of imidazole rings is 1. The van der Waals surface area contributed by atoms with Gasteiger partial charge in [-0.25, -0.2) is 9.78 Å². The Bertz CT molecular complexity index is 816. The fourth-order valence-electron chi connectivity index (χ4n) is 2.55. The third-order valence-electron chi connectivity index (χ3n) is 3.75. The molecule has 2 N–H and O–H groups in total. The van der Waals surface area contributed by atoms with Crippen molar-refractivity contribution in [2.75, 3.05) is 0 Å². The fourth-order valence-corrected chi connectivity index (χ4v) is 2.55. The van der Waals surface area contributed by atoms with Crippen molar-refractivity contribution in [3.05, 3.63) is 61.2 Å². The summed E-state index contributed by atoms with van der Waals surface area (Å²) >= 11 is 0. The fraction of sp³-hybridized carbons (Fsp3) is 0.167. The topological polar surface area (TPSA) is 88.2 Å². The number of aliphatic hydroxyl groups is 1. The minimum atomic E-state index is -1.39. The molecule has 3 rings (SSSR count). The molecule has 0 aliphatic rings. The molecule has 6 nitrogen and oxygen atoms in total. The van der Waals surface area contributed by atoms with Crippen LogP contribution in [0.3, 0.4) is 0 Å². The second-order valence-electron chi connectivity index (χ2n) is 5.39. The van der Waals surface area contributed by atoms with Gasteiger partial charge in [0, 0.05) is 36.5 Å². The number of pyridine rings is 1. The number of aryl methyl sites for hydroxylation is 1. The summed E-state index contributed by atoms with van der Waals surface area (Å²) in [6.07, 6.45) is 3.81. The number of hydrogen-bond donors (Lipinski definition) is 2. The number of carbonyl (C=O) groups is 1. The lowest BCUT2D eigenvalue weighted by Gasteiger charge is -2.11. The highest BCUT2D eigenvalue weighted by atomic mass is 16.4. The highest BCUT2D eigenvalue weighted by molar-refractivity contribution is 5.78. The Hall–Kier alpha value is -2.99. The highest BCUT2D eigenvalue weighted by Crippen LogP contribution is 2.30. The van der Waals surface area contributed by atoms with Gasteiger partial charge in [-0.05, 0) is 12.1 Å². The molecule has 1 atom stereocenters. The van der Waals surface area contributed by atoms with E-state index in [9.17, 15) is 9.90 Å². The van der Waals surface area contributed by atoms with Gasteiger partial charge in [0.1, 0.15) is 0 Å². The third-order valence-corrected chi connectivity index (χ3v) is 3.75. The molecule has 0 fully saturated rings. The Balaban J connectivity index is 2.01. The summed E-state index contributed by atoms with van der Waals surface area (Å²) in [4.78, 5) is 19.5. The van der Waals surface area contributed by atoms with E-state index in [4.69, 9.17) is 5.11 Å². The smallest absolute Gasteiger partial charge is 0.332 e.